The Bertz CT molecular complexity index is 1230. The molecule has 5 N–H and O–H groups in total. The SMILES string of the molecule is CCCC(Cc1ccc(-n2ccc(NC(=O)N3CCN(C(=O)C(C)(C)N)CC3)nc2=O)cc1)N1CC[C@H](CCN)C1. The smallest absolute Gasteiger partial charge is 0.338 e. The second-order valence-corrected chi connectivity index (χ2v) is 11.9. The number of nitrogens with zero attached hydrogens (tertiary/aromatic N) is 5. The van der Waals surface area contributed by atoms with Crippen LogP contribution in [0.4, 0.5) is 10.6 Å². The molecule has 2 aliphatic rings. The summed E-state index contributed by atoms with van der Waals surface area (Å²) in [6.45, 7) is 10.2. The van der Waals surface area contributed by atoms with Crippen LogP contribution in [-0.2, 0) is 11.2 Å². The zero-order chi connectivity index (χ0) is 29.6. The van der Waals surface area contributed by atoms with Crippen molar-refractivity contribution >= 4 is 17.8 Å². The summed E-state index contributed by atoms with van der Waals surface area (Å²) >= 11 is 0. The number of amides is 3. The lowest BCUT2D eigenvalue weighted by Gasteiger charge is -2.37. The van der Waals surface area contributed by atoms with E-state index >= 15 is 0 Å². The first-order chi connectivity index (χ1) is 19.6. The highest BCUT2D eigenvalue weighted by molar-refractivity contribution is 5.89. The molecule has 0 aliphatic carbocycles. The summed E-state index contributed by atoms with van der Waals surface area (Å²) < 4.78 is 1.47. The summed E-state index contributed by atoms with van der Waals surface area (Å²) in [4.78, 5) is 47.9. The molecule has 1 aromatic heterocycles. The third-order valence-corrected chi connectivity index (χ3v) is 8.16. The molecule has 2 aromatic rings. The topological polar surface area (TPSA) is 143 Å². The van der Waals surface area contributed by atoms with Crippen LogP contribution in [0, 0.1) is 5.92 Å². The third-order valence-electron chi connectivity index (χ3n) is 8.16. The Balaban J connectivity index is 1.33. The first-order valence-electron chi connectivity index (χ1n) is 14.9. The average molecular weight is 567 g/mol. The maximum Gasteiger partial charge on any atom is 0.354 e. The number of hydrogen-bond acceptors (Lipinski definition) is 7. The van der Waals surface area contributed by atoms with Crippen molar-refractivity contribution in [2.75, 3.05) is 51.1 Å². The number of likely N-dealkylation sites (tertiary alicyclic amines) is 1. The number of carbonyl (C=O) groups excluding carboxylic acids is 2. The first kappa shape index (κ1) is 30.7. The molecular formula is C30H46N8O3. The number of piperazine rings is 1. The van der Waals surface area contributed by atoms with Crippen LogP contribution in [0.25, 0.3) is 5.69 Å². The first-order valence-corrected chi connectivity index (χ1v) is 14.9. The van der Waals surface area contributed by atoms with Crippen LogP contribution in [-0.4, -0.2) is 93.6 Å². The quantitative estimate of drug-likeness (QED) is 0.399. The Labute approximate surface area is 242 Å². The molecule has 3 heterocycles. The van der Waals surface area contributed by atoms with Crippen LogP contribution >= 0.6 is 0 Å². The summed E-state index contributed by atoms with van der Waals surface area (Å²) in [6, 6.07) is 9.85. The van der Waals surface area contributed by atoms with Gasteiger partial charge in [-0.1, -0.05) is 25.5 Å². The number of aromatic nitrogens is 2. The lowest BCUT2D eigenvalue weighted by atomic mass is 10.00. The average Bonchev–Trinajstić information content (AvgIpc) is 3.41. The molecule has 2 saturated heterocycles. The fourth-order valence-electron chi connectivity index (χ4n) is 5.86. The van der Waals surface area contributed by atoms with Gasteiger partial charge in [0, 0.05) is 45.0 Å². The monoisotopic (exact) mass is 566 g/mol. The van der Waals surface area contributed by atoms with Gasteiger partial charge in [0.2, 0.25) is 5.91 Å². The Hall–Kier alpha value is -3.28. The standard InChI is InChI=1S/C30H46N8O3/c1-4-5-25(37-14-11-23(21-37)10-13-31)20-22-6-8-24(9-7-22)38-15-12-26(34-29(38)41)33-28(40)36-18-16-35(17-19-36)27(39)30(2,3)32/h6-9,12,15,23,25H,4-5,10-11,13-14,16-21,31-32H2,1-3H3,(H,33,34,40,41)/t23-,25?/m0/s1. The fourth-order valence-corrected chi connectivity index (χ4v) is 5.86. The zero-order valence-electron chi connectivity index (χ0n) is 24.7. The normalized spacial score (nSPS) is 18.9. The van der Waals surface area contributed by atoms with E-state index in [2.05, 4.69) is 34.3 Å². The van der Waals surface area contributed by atoms with Crippen molar-refractivity contribution in [2.24, 2.45) is 17.4 Å². The summed E-state index contributed by atoms with van der Waals surface area (Å²) in [7, 11) is 0. The molecule has 1 unspecified atom stereocenters. The molecule has 2 atom stereocenters. The fraction of sp³-hybridized carbons (Fsp3) is 0.600. The van der Waals surface area contributed by atoms with E-state index in [-0.39, 0.29) is 17.8 Å². The lowest BCUT2D eigenvalue weighted by molar-refractivity contribution is -0.137. The maximum absolute atomic E-state index is 12.8. The summed E-state index contributed by atoms with van der Waals surface area (Å²) in [5.74, 6) is 0.758. The highest BCUT2D eigenvalue weighted by Crippen LogP contribution is 2.25. The van der Waals surface area contributed by atoms with Crippen molar-refractivity contribution in [2.45, 2.75) is 64.5 Å². The molecule has 0 saturated carbocycles. The molecule has 0 radical (unpaired) electrons. The Morgan fingerprint density at radius 3 is 2.37 bits per heavy atom. The van der Waals surface area contributed by atoms with Gasteiger partial charge < -0.3 is 21.3 Å². The number of urea groups is 1. The van der Waals surface area contributed by atoms with E-state index in [0.29, 0.717) is 38.1 Å². The number of rotatable bonds is 10. The molecule has 41 heavy (non-hydrogen) atoms. The number of benzene rings is 1. The Morgan fingerprint density at radius 2 is 1.76 bits per heavy atom. The van der Waals surface area contributed by atoms with E-state index in [0.717, 1.165) is 51.0 Å². The van der Waals surface area contributed by atoms with E-state index in [1.54, 1.807) is 35.9 Å². The van der Waals surface area contributed by atoms with Gasteiger partial charge in [-0.3, -0.25) is 19.6 Å². The van der Waals surface area contributed by atoms with Gasteiger partial charge in [0.25, 0.3) is 0 Å². The molecule has 0 spiro atoms. The second kappa shape index (κ2) is 13.6. The van der Waals surface area contributed by atoms with Crippen LogP contribution in [0.15, 0.2) is 41.3 Å². The van der Waals surface area contributed by atoms with Gasteiger partial charge in [-0.05, 0) is 82.3 Å². The van der Waals surface area contributed by atoms with E-state index in [1.165, 1.54) is 16.6 Å². The minimum Gasteiger partial charge on any atom is -0.338 e. The Kier molecular flexibility index (Phi) is 10.2. The molecule has 4 rings (SSSR count). The lowest BCUT2D eigenvalue weighted by Crippen LogP contribution is -2.58. The van der Waals surface area contributed by atoms with Crippen molar-refractivity contribution < 1.29 is 9.59 Å². The summed E-state index contributed by atoms with van der Waals surface area (Å²) in [5, 5.41) is 2.71. The van der Waals surface area contributed by atoms with Crippen molar-refractivity contribution in [3.05, 3.63) is 52.6 Å². The minimum atomic E-state index is -0.946. The van der Waals surface area contributed by atoms with Crippen molar-refractivity contribution in [3.8, 4) is 5.69 Å². The van der Waals surface area contributed by atoms with Crippen molar-refractivity contribution in [1.29, 1.82) is 0 Å². The number of nitrogens with one attached hydrogen (secondary N) is 1. The van der Waals surface area contributed by atoms with Crippen molar-refractivity contribution in [3.63, 3.8) is 0 Å². The summed E-state index contributed by atoms with van der Waals surface area (Å²) in [5.41, 5.74) is 12.3. The molecule has 2 fully saturated rings. The van der Waals surface area contributed by atoms with Crippen LogP contribution in [0.5, 0.6) is 0 Å². The molecule has 2 aliphatic heterocycles. The molecule has 0 bridgehead atoms. The second-order valence-electron chi connectivity index (χ2n) is 11.9. The van der Waals surface area contributed by atoms with Gasteiger partial charge in [0.05, 0.1) is 11.2 Å². The van der Waals surface area contributed by atoms with E-state index in [4.69, 9.17) is 11.5 Å². The summed E-state index contributed by atoms with van der Waals surface area (Å²) in [6.07, 6.45) is 7.24. The van der Waals surface area contributed by atoms with Crippen LogP contribution < -0.4 is 22.5 Å². The molecule has 224 valence electrons. The van der Waals surface area contributed by atoms with E-state index < -0.39 is 11.2 Å². The predicted octanol–water partition coefficient (Wildman–Crippen LogP) is 2.03. The van der Waals surface area contributed by atoms with E-state index in [1.807, 2.05) is 12.1 Å². The van der Waals surface area contributed by atoms with E-state index in [9.17, 15) is 14.4 Å². The third kappa shape index (κ3) is 7.93. The van der Waals surface area contributed by atoms with Gasteiger partial charge in [0.15, 0.2) is 0 Å². The molecular weight excluding hydrogens is 520 g/mol. The van der Waals surface area contributed by atoms with Gasteiger partial charge >= 0.3 is 11.7 Å². The Morgan fingerprint density at radius 1 is 1.07 bits per heavy atom. The van der Waals surface area contributed by atoms with Gasteiger partial charge in [-0.2, -0.15) is 4.98 Å². The van der Waals surface area contributed by atoms with Gasteiger partial charge in [-0.15, -0.1) is 0 Å². The number of nitrogens with two attached hydrogens (primary N) is 2. The maximum atomic E-state index is 12.8. The van der Waals surface area contributed by atoms with Crippen LogP contribution in [0.1, 0.15) is 52.0 Å². The molecule has 11 nitrogen and oxygen atoms in total. The molecule has 11 heteroatoms. The van der Waals surface area contributed by atoms with Gasteiger partial charge in [-0.25, -0.2) is 9.59 Å². The van der Waals surface area contributed by atoms with Crippen LogP contribution in [0.3, 0.4) is 0 Å². The minimum absolute atomic E-state index is 0.139. The highest BCUT2D eigenvalue weighted by atomic mass is 16.2. The van der Waals surface area contributed by atoms with Crippen molar-refractivity contribution in [1.82, 2.24) is 24.3 Å². The predicted molar refractivity (Wildman–Crippen MR) is 161 cm³/mol. The van der Waals surface area contributed by atoms with Crippen LogP contribution in [0.2, 0.25) is 0 Å². The molecule has 3 amide bonds. The number of anilines is 1. The highest BCUT2D eigenvalue weighted by Gasteiger charge is 2.31. The number of carbonyl (C=O) groups is 2. The zero-order valence-corrected chi connectivity index (χ0v) is 24.7. The largest absolute Gasteiger partial charge is 0.354 e. The molecule has 1 aromatic carbocycles. The number of hydrogen-bond donors (Lipinski definition) is 3. The van der Waals surface area contributed by atoms with Gasteiger partial charge in [0.1, 0.15) is 5.82 Å².